The molecule has 4 amide bonds. The molecule has 0 unspecified atom stereocenters. The van der Waals surface area contributed by atoms with Gasteiger partial charge in [-0.25, -0.2) is 0 Å². The van der Waals surface area contributed by atoms with Gasteiger partial charge in [-0.05, 0) is 77.3 Å². The average molecular weight is 645 g/mol. The summed E-state index contributed by atoms with van der Waals surface area (Å²) in [5, 5.41) is 5.10. The number of amides is 4. The van der Waals surface area contributed by atoms with Crippen molar-refractivity contribution in [3.63, 3.8) is 0 Å². The second kappa shape index (κ2) is 15.0. The zero-order valence-electron chi connectivity index (χ0n) is 25.9. The van der Waals surface area contributed by atoms with Crippen LogP contribution in [-0.4, -0.2) is 74.4 Å². The van der Waals surface area contributed by atoms with Crippen molar-refractivity contribution in [3.8, 4) is 11.5 Å². The van der Waals surface area contributed by atoms with Crippen molar-refractivity contribution in [1.29, 1.82) is 0 Å². The second-order valence-electron chi connectivity index (χ2n) is 11.0. The lowest BCUT2D eigenvalue weighted by Gasteiger charge is -2.28. The number of nitrogens with one attached hydrogen (secondary N) is 2. The lowest BCUT2D eigenvalue weighted by atomic mass is 10.0. The van der Waals surface area contributed by atoms with Gasteiger partial charge in [0, 0.05) is 30.2 Å². The van der Waals surface area contributed by atoms with Crippen LogP contribution in [0.15, 0.2) is 71.6 Å². The van der Waals surface area contributed by atoms with Gasteiger partial charge in [0.15, 0.2) is 18.1 Å². The normalized spacial score (nSPS) is 15.8. The fourth-order valence-electron chi connectivity index (χ4n) is 5.05. The molecule has 12 heteroatoms. The molecule has 2 aliphatic rings. The van der Waals surface area contributed by atoms with E-state index in [1.54, 1.807) is 36.4 Å². The molecule has 0 spiro atoms. The van der Waals surface area contributed by atoms with E-state index in [0.717, 1.165) is 46.7 Å². The van der Waals surface area contributed by atoms with E-state index in [4.69, 9.17) is 14.2 Å². The highest BCUT2D eigenvalue weighted by Crippen LogP contribution is 2.35. The Morgan fingerprint density at radius 2 is 1.70 bits per heavy atom. The summed E-state index contributed by atoms with van der Waals surface area (Å²) in [6.07, 6.45) is 1.55. The third-order valence-electron chi connectivity index (χ3n) is 7.40. The van der Waals surface area contributed by atoms with E-state index < -0.39 is 23.6 Å². The Hall–Kier alpha value is -4.81. The molecule has 3 aromatic carbocycles. The Labute approximate surface area is 271 Å². The molecular formula is C34H36N4O7S. The third-order valence-corrected chi connectivity index (χ3v) is 8.31. The molecule has 2 N–H and O–H groups in total. The predicted molar refractivity (Wildman–Crippen MR) is 178 cm³/mol. The number of imide groups is 1. The van der Waals surface area contributed by atoms with E-state index in [9.17, 15) is 19.2 Å². The van der Waals surface area contributed by atoms with Gasteiger partial charge in [0.05, 0.1) is 25.2 Å². The number of hydrogen-bond donors (Lipinski definition) is 2. The number of morpholine rings is 1. The minimum Gasteiger partial charge on any atom is -0.493 e. The van der Waals surface area contributed by atoms with Crippen LogP contribution >= 0.6 is 11.8 Å². The van der Waals surface area contributed by atoms with Gasteiger partial charge >= 0.3 is 0 Å². The molecule has 0 atom stereocenters. The van der Waals surface area contributed by atoms with Gasteiger partial charge in [0.2, 0.25) is 5.91 Å². The summed E-state index contributed by atoms with van der Waals surface area (Å²) in [5.74, 6) is -0.431. The first-order chi connectivity index (χ1) is 22.2. The monoisotopic (exact) mass is 644 g/mol. The Balaban J connectivity index is 1.17. The molecule has 0 aliphatic carbocycles. The maximum Gasteiger partial charge on any atom is 0.294 e. The Morgan fingerprint density at radius 1 is 0.957 bits per heavy atom. The number of ether oxygens (including phenoxy) is 3. The Bertz CT molecular complexity index is 1630. The molecule has 46 heavy (non-hydrogen) atoms. The standard InChI is InChI=1S/C34H36N4O7S/c1-22(2)26-6-4-5-7-27(26)36-32(40)21-45-28-13-8-23(18-29(28)43-3)19-30-33(41)38(34(42)46-30)20-31(39)35-24-9-11-25(12-10-24)37-14-16-44-17-15-37/h4-13,18-19,22H,14-17,20-21H2,1-3H3,(H,35,39)(H,36,40)/b30-19-. The number of carbonyl (C=O) groups is 4. The zero-order valence-corrected chi connectivity index (χ0v) is 26.7. The van der Waals surface area contributed by atoms with Crippen LogP contribution in [0.4, 0.5) is 21.9 Å². The lowest BCUT2D eigenvalue weighted by molar-refractivity contribution is -0.127. The van der Waals surface area contributed by atoms with E-state index in [1.807, 2.05) is 36.4 Å². The van der Waals surface area contributed by atoms with Crippen LogP contribution < -0.4 is 25.0 Å². The highest BCUT2D eigenvalue weighted by atomic mass is 32.2. The molecular weight excluding hydrogens is 608 g/mol. The molecule has 2 aliphatic heterocycles. The van der Waals surface area contributed by atoms with E-state index in [2.05, 4.69) is 29.4 Å². The second-order valence-corrected chi connectivity index (χ2v) is 11.9. The summed E-state index contributed by atoms with van der Waals surface area (Å²) < 4.78 is 16.6. The molecule has 0 bridgehead atoms. The van der Waals surface area contributed by atoms with Gasteiger partial charge in [-0.3, -0.25) is 24.1 Å². The van der Waals surface area contributed by atoms with Crippen LogP contribution in [-0.2, 0) is 19.1 Å². The van der Waals surface area contributed by atoms with Crippen LogP contribution in [0.2, 0.25) is 0 Å². The van der Waals surface area contributed by atoms with Gasteiger partial charge < -0.3 is 29.7 Å². The maximum absolute atomic E-state index is 13.1. The fraction of sp³-hybridized carbons (Fsp3) is 0.294. The number of para-hydroxylation sites is 1. The van der Waals surface area contributed by atoms with E-state index in [1.165, 1.54) is 7.11 Å². The molecule has 2 saturated heterocycles. The lowest BCUT2D eigenvalue weighted by Crippen LogP contribution is -2.36. The summed E-state index contributed by atoms with van der Waals surface area (Å²) >= 11 is 0.756. The highest BCUT2D eigenvalue weighted by molar-refractivity contribution is 8.18. The molecule has 0 saturated carbocycles. The fourth-order valence-corrected chi connectivity index (χ4v) is 5.88. The molecule has 2 heterocycles. The minimum absolute atomic E-state index is 0.173. The number of carbonyl (C=O) groups excluding carboxylic acids is 4. The Morgan fingerprint density at radius 3 is 2.41 bits per heavy atom. The SMILES string of the molecule is COc1cc(/C=C2\SC(=O)N(CC(=O)Nc3ccc(N4CCOCC4)cc3)C2=O)ccc1OCC(=O)Nc1ccccc1C(C)C. The van der Waals surface area contributed by atoms with Crippen LogP contribution in [0.5, 0.6) is 11.5 Å². The minimum atomic E-state index is -0.564. The summed E-state index contributed by atoms with van der Waals surface area (Å²) in [7, 11) is 1.47. The van der Waals surface area contributed by atoms with Gasteiger partial charge in [0.1, 0.15) is 6.54 Å². The number of thioether (sulfide) groups is 1. The average Bonchev–Trinajstić information content (AvgIpc) is 3.31. The Kier molecular flexibility index (Phi) is 10.6. The van der Waals surface area contributed by atoms with Gasteiger partial charge in [-0.1, -0.05) is 38.1 Å². The van der Waals surface area contributed by atoms with Crippen molar-refractivity contribution in [2.24, 2.45) is 0 Å². The topological polar surface area (TPSA) is 127 Å². The molecule has 2 fully saturated rings. The summed E-state index contributed by atoms with van der Waals surface area (Å²) in [5.41, 5.74) is 3.93. The first-order valence-electron chi connectivity index (χ1n) is 14.9. The summed E-state index contributed by atoms with van der Waals surface area (Å²) in [6, 6.07) is 20.0. The summed E-state index contributed by atoms with van der Waals surface area (Å²) in [4.78, 5) is 54.3. The number of rotatable bonds is 11. The molecule has 240 valence electrons. The maximum atomic E-state index is 13.1. The van der Waals surface area contributed by atoms with Crippen molar-refractivity contribution < 1.29 is 33.4 Å². The predicted octanol–water partition coefficient (Wildman–Crippen LogP) is 5.35. The third kappa shape index (κ3) is 8.06. The molecule has 0 aromatic heterocycles. The van der Waals surface area contributed by atoms with Crippen molar-refractivity contribution in [1.82, 2.24) is 4.90 Å². The summed E-state index contributed by atoms with van der Waals surface area (Å²) in [6.45, 7) is 6.42. The number of methoxy groups -OCH3 is 1. The number of hydrogen-bond acceptors (Lipinski definition) is 9. The number of nitrogens with zero attached hydrogens (tertiary/aromatic N) is 2. The van der Waals surface area contributed by atoms with Crippen LogP contribution in [0.1, 0.15) is 30.9 Å². The van der Waals surface area contributed by atoms with E-state index in [-0.39, 0.29) is 23.3 Å². The van der Waals surface area contributed by atoms with Crippen LogP contribution in [0.3, 0.4) is 0 Å². The number of benzene rings is 3. The first kappa shape index (κ1) is 32.6. The highest BCUT2D eigenvalue weighted by Gasteiger charge is 2.36. The van der Waals surface area contributed by atoms with E-state index in [0.29, 0.717) is 36.0 Å². The smallest absolute Gasteiger partial charge is 0.294 e. The van der Waals surface area contributed by atoms with Crippen molar-refractivity contribution in [2.75, 3.05) is 62.1 Å². The van der Waals surface area contributed by atoms with Crippen molar-refractivity contribution in [2.45, 2.75) is 19.8 Å². The van der Waals surface area contributed by atoms with Crippen LogP contribution in [0.25, 0.3) is 6.08 Å². The molecule has 0 radical (unpaired) electrons. The zero-order chi connectivity index (χ0) is 32.6. The van der Waals surface area contributed by atoms with Crippen molar-refractivity contribution >= 4 is 57.9 Å². The van der Waals surface area contributed by atoms with E-state index >= 15 is 0 Å². The van der Waals surface area contributed by atoms with Crippen LogP contribution in [0, 0.1) is 0 Å². The van der Waals surface area contributed by atoms with Crippen molar-refractivity contribution in [3.05, 3.63) is 82.8 Å². The number of anilines is 3. The molecule has 3 aromatic rings. The first-order valence-corrected chi connectivity index (χ1v) is 15.7. The molecule has 5 rings (SSSR count). The van der Waals surface area contributed by atoms with Gasteiger partial charge in [0.25, 0.3) is 17.1 Å². The van der Waals surface area contributed by atoms with Gasteiger partial charge in [-0.2, -0.15) is 0 Å². The molecule has 11 nitrogen and oxygen atoms in total. The quantitative estimate of drug-likeness (QED) is 0.266. The van der Waals surface area contributed by atoms with Gasteiger partial charge in [-0.15, -0.1) is 0 Å². The largest absolute Gasteiger partial charge is 0.493 e.